The average Bonchev–Trinajstić information content (AvgIpc) is 2.96. The van der Waals surface area contributed by atoms with E-state index in [1.165, 1.54) is 0 Å². The van der Waals surface area contributed by atoms with Crippen molar-refractivity contribution in [3.63, 3.8) is 0 Å². The van der Waals surface area contributed by atoms with Gasteiger partial charge in [-0.25, -0.2) is 0 Å². The SMILES string of the molecule is [2H]c1c([2H])c([2H])c2c(c1[2H])-c1c([2H])c([2H])c([2H])c3c([2H])c([2H])c(O)c-2c13. The Balaban J connectivity index is 2.45. The molecule has 0 spiro atoms. The van der Waals surface area contributed by atoms with Crippen molar-refractivity contribution >= 4 is 10.8 Å². The highest BCUT2D eigenvalue weighted by molar-refractivity contribution is 6.16. The summed E-state index contributed by atoms with van der Waals surface area (Å²) < 4.78 is 72.5. The Morgan fingerprint density at radius 3 is 2.41 bits per heavy atom. The molecule has 0 bridgehead atoms. The molecule has 0 aliphatic heterocycles. The third kappa shape index (κ3) is 0.986. The minimum absolute atomic E-state index is 0.0122. The van der Waals surface area contributed by atoms with Crippen LogP contribution in [-0.4, -0.2) is 5.11 Å². The van der Waals surface area contributed by atoms with Crippen molar-refractivity contribution in [1.29, 1.82) is 0 Å². The highest BCUT2D eigenvalue weighted by Crippen LogP contribution is 2.50. The molecule has 0 heterocycles. The number of hydrogen-bond acceptors (Lipinski definition) is 1. The molecule has 1 aliphatic rings. The topological polar surface area (TPSA) is 20.2 Å². The van der Waals surface area contributed by atoms with Crippen LogP contribution in [0.15, 0.2) is 54.4 Å². The standard InChI is InChI=1S/C16H10O/c17-14-9-8-10-4-3-7-12-11-5-1-2-6-13(11)16(14)15(10)12/h1-9,17H/i1D,2D,3D,4D,5D,6D,7D,8D,9D. The summed E-state index contributed by atoms with van der Waals surface area (Å²) in [4.78, 5) is 0. The lowest BCUT2D eigenvalue weighted by Crippen LogP contribution is -1.76. The van der Waals surface area contributed by atoms with Gasteiger partial charge in [0.2, 0.25) is 0 Å². The van der Waals surface area contributed by atoms with E-state index < -0.39 is 60.1 Å². The Labute approximate surface area is 112 Å². The van der Waals surface area contributed by atoms with Crippen molar-refractivity contribution in [3.05, 3.63) is 54.4 Å². The zero-order valence-corrected chi connectivity index (χ0v) is 8.45. The van der Waals surface area contributed by atoms with Crippen LogP contribution in [0, 0.1) is 0 Å². The van der Waals surface area contributed by atoms with Crippen LogP contribution in [0.25, 0.3) is 33.0 Å². The van der Waals surface area contributed by atoms with E-state index in [4.69, 9.17) is 12.3 Å². The molecule has 1 nitrogen and oxygen atoms in total. The summed E-state index contributed by atoms with van der Waals surface area (Å²) in [5.74, 6) is -0.635. The minimum Gasteiger partial charge on any atom is -0.507 e. The van der Waals surface area contributed by atoms with Gasteiger partial charge in [-0.3, -0.25) is 0 Å². The third-order valence-corrected chi connectivity index (χ3v) is 2.86. The summed E-state index contributed by atoms with van der Waals surface area (Å²) >= 11 is 0. The summed E-state index contributed by atoms with van der Waals surface area (Å²) in [7, 11) is 0. The normalized spacial score (nSPS) is 19.2. The van der Waals surface area contributed by atoms with E-state index in [1.54, 1.807) is 0 Å². The number of rotatable bonds is 0. The van der Waals surface area contributed by atoms with Gasteiger partial charge in [0.1, 0.15) is 5.75 Å². The predicted octanol–water partition coefficient (Wildman–Crippen LogP) is 4.19. The third-order valence-electron chi connectivity index (χ3n) is 2.86. The van der Waals surface area contributed by atoms with Gasteiger partial charge in [0.15, 0.2) is 0 Å². The van der Waals surface area contributed by atoms with Crippen LogP contribution in [0.5, 0.6) is 5.75 Å². The van der Waals surface area contributed by atoms with E-state index in [2.05, 4.69) is 0 Å². The molecule has 3 aromatic carbocycles. The molecule has 1 aliphatic carbocycles. The first-order valence-corrected chi connectivity index (χ1v) is 4.97. The van der Waals surface area contributed by atoms with Crippen LogP contribution in [0.1, 0.15) is 12.3 Å². The second-order valence-electron chi connectivity index (χ2n) is 3.72. The molecule has 0 saturated heterocycles. The molecule has 0 radical (unpaired) electrons. The van der Waals surface area contributed by atoms with E-state index >= 15 is 0 Å². The summed E-state index contributed by atoms with van der Waals surface area (Å²) in [5.41, 5.74) is -0.211. The molecule has 17 heavy (non-hydrogen) atoms. The molecule has 1 heteroatoms. The first kappa shape index (κ1) is 3.88. The van der Waals surface area contributed by atoms with Crippen molar-refractivity contribution < 1.29 is 17.4 Å². The lowest BCUT2D eigenvalue weighted by Gasteiger charge is -2.04. The second kappa shape index (κ2) is 2.89. The monoisotopic (exact) mass is 227 g/mol. The molecule has 0 saturated carbocycles. The van der Waals surface area contributed by atoms with Crippen LogP contribution < -0.4 is 0 Å². The number of benzene rings is 3. The smallest absolute Gasteiger partial charge is 0.124 e. The first-order chi connectivity index (χ1) is 12.1. The van der Waals surface area contributed by atoms with E-state index in [1.807, 2.05) is 0 Å². The van der Waals surface area contributed by atoms with Crippen molar-refractivity contribution in [3.8, 4) is 28.0 Å². The highest BCUT2D eigenvalue weighted by Gasteiger charge is 2.22. The van der Waals surface area contributed by atoms with E-state index in [0.29, 0.717) is 0 Å². The van der Waals surface area contributed by atoms with Gasteiger partial charge in [-0.15, -0.1) is 0 Å². The molecule has 0 aromatic heterocycles. The van der Waals surface area contributed by atoms with Crippen molar-refractivity contribution in [2.75, 3.05) is 0 Å². The molecule has 0 unspecified atom stereocenters. The number of phenolic OH excluding ortho intramolecular Hbond substituents is 1. The van der Waals surface area contributed by atoms with Crippen molar-refractivity contribution in [2.45, 2.75) is 0 Å². The Morgan fingerprint density at radius 1 is 0.765 bits per heavy atom. The molecule has 0 fully saturated rings. The van der Waals surface area contributed by atoms with Crippen LogP contribution in [0.3, 0.4) is 0 Å². The van der Waals surface area contributed by atoms with Gasteiger partial charge in [-0.2, -0.15) is 0 Å². The van der Waals surface area contributed by atoms with Gasteiger partial charge in [0.05, 0.1) is 12.3 Å². The summed E-state index contributed by atoms with van der Waals surface area (Å²) in [6.07, 6.45) is 0. The quantitative estimate of drug-likeness (QED) is 0.477. The zero-order valence-electron chi connectivity index (χ0n) is 17.4. The first-order valence-electron chi connectivity index (χ1n) is 9.47. The highest BCUT2D eigenvalue weighted by atomic mass is 16.3. The fraction of sp³-hybridized carbons (Fsp3) is 0. The van der Waals surface area contributed by atoms with Gasteiger partial charge >= 0.3 is 0 Å². The Hall–Kier alpha value is -2.28. The average molecular weight is 227 g/mol. The summed E-state index contributed by atoms with van der Waals surface area (Å²) in [5, 5.41) is 10.4. The van der Waals surface area contributed by atoms with E-state index in [0.717, 1.165) is 0 Å². The molecule has 4 rings (SSSR count). The van der Waals surface area contributed by atoms with Crippen LogP contribution in [0.4, 0.5) is 0 Å². The minimum atomic E-state index is -0.635. The number of fused-ring (bicyclic) bond motifs is 3. The summed E-state index contributed by atoms with van der Waals surface area (Å²) in [6, 6.07) is -4.36. The largest absolute Gasteiger partial charge is 0.507 e. The molecular weight excluding hydrogens is 208 g/mol. The molecule has 0 amide bonds. The second-order valence-corrected chi connectivity index (χ2v) is 3.72. The fourth-order valence-corrected chi connectivity index (χ4v) is 2.17. The van der Waals surface area contributed by atoms with Gasteiger partial charge in [0.25, 0.3) is 0 Å². The number of aromatic hydroxyl groups is 1. The maximum absolute atomic E-state index is 10.5. The van der Waals surface area contributed by atoms with E-state index in [9.17, 15) is 5.11 Å². The van der Waals surface area contributed by atoms with Crippen molar-refractivity contribution in [2.24, 2.45) is 0 Å². The van der Waals surface area contributed by atoms with Gasteiger partial charge in [-0.05, 0) is 28.1 Å². The Morgan fingerprint density at radius 2 is 1.53 bits per heavy atom. The molecular formula is C16H10O. The fourth-order valence-electron chi connectivity index (χ4n) is 2.17. The van der Waals surface area contributed by atoms with Gasteiger partial charge in [-0.1, -0.05) is 48.3 Å². The maximum Gasteiger partial charge on any atom is 0.124 e. The predicted molar refractivity (Wildman–Crippen MR) is 70.0 cm³/mol. The van der Waals surface area contributed by atoms with Gasteiger partial charge in [0, 0.05) is 10.9 Å². The van der Waals surface area contributed by atoms with Crippen molar-refractivity contribution in [1.82, 2.24) is 0 Å². The zero-order chi connectivity index (χ0) is 19.2. The molecule has 3 aromatic rings. The molecule has 1 N–H and O–H groups in total. The van der Waals surface area contributed by atoms with Gasteiger partial charge < -0.3 is 5.11 Å². The summed E-state index contributed by atoms with van der Waals surface area (Å²) in [6.45, 7) is 0. The Kier molecular flexibility index (Phi) is 0.660. The molecule has 80 valence electrons. The van der Waals surface area contributed by atoms with Crippen LogP contribution in [0.2, 0.25) is 0 Å². The lowest BCUT2D eigenvalue weighted by atomic mass is 10.0. The van der Waals surface area contributed by atoms with Crippen LogP contribution in [-0.2, 0) is 0 Å². The number of phenols is 1. The van der Waals surface area contributed by atoms with E-state index in [-0.39, 0.29) is 33.0 Å². The van der Waals surface area contributed by atoms with Crippen LogP contribution >= 0.6 is 0 Å². The maximum atomic E-state index is 10.5. The number of hydrogen-bond donors (Lipinski definition) is 1. The molecule has 0 atom stereocenters. The Bertz CT molecular complexity index is 1100. The lowest BCUT2D eigenvalue weighted by molar-refractivity contribution is 0.478.